The summed E-state index contributed by atoms with van der Waals surface area (Å²) in [5, 5.41) is 10.9. The largest absolute Gasteiger partial charge is 0.313 e. The van der Waals surface area contributed by atoms with Gasteiger partial charge in [-0.25, -0.2) is 5.01 Å². The minimum atomic E-state index is 0.0917. The highest BCUT2D eigenvalue weighted by Crippen LogP contribution is 2.38. The number of hydrogen-bond donors (Lipinski definition) is 1. The minimum Gasteiger partial charge on any atom is -0.313 e. The summed E-state index contributed by atoms with van der Waals surface area (Å²) < 4.78 is 0. The number of piperazine rings is 1. The number of aliphatic imine (C=N–C) groups is 1. The van der Waals surface area contributed by atoms with Gasteiger partial charge in [0.05, 0.1) is 18.6 Å². The lowest BCUT2D eigenvalue weighted by molar-refractivity contribution is -0.0693. The summed E-state index contributed by atoms with van der Waals surface area (Å²) in [6.45, 7) is 4.04. The van der Waals surface area contributed by atoms with Gasteiger partial charge in [-0.1, -0.05) is 66.7 Å². The number of hydrogen-bond acceptors (Lipinski definition) is 5. The molecule has 2 aliphatic rings. The topological polar surface area (TPSA) is 47.9 Å². The number of carbonyl (C=O) groups is 1. The Morgan fingerprint density at radius 1 is 0.968 bits per heavy atom. The van der Waals surface area contributed by atoms with Gasteiger partial charge in [0.25, 0.3) is 0 Å². The lowest BCUT2D eigenvalue weighted by atomic mass is 9.93. The average molecular weight is 411 g/mol. The van der Waals surface area contributed by atoms with Crippen LogP contribution in [0.5, 0.6) is 0 Å². The summed E-state index contributed by atoms with van der Waals surface area (Å²) in [5.74, 6) is 0.0917. The Labute approximate surface area is 182 Å². The van der Waals surface area contributed by atoms with Gasteiger partial charge in [0.1, 0.15) is 0 Å². The van der Waals surface area contributed by atoms with Crippen LogP contribution in [-0.4, -0.2) is 41.6 Å². The maximum Gasteiger partial charge on any atom is 0.159 e. The fourth-order valence-corrected chi connectivity index (χ4v) is 4.66. The Morgan fingerprint density at radius 3 is 2.52 bits per heavy atom. The number of ketones is 1. The van der Waals surface area contributed by atoms with Crippen LogP contribution in [0.1, 0.15) is 40.5 Å². The number of nitrogens with zero attached hydrogens (tertiary/aromatic N) is 3. The van der Waals surface area contributed by atoms with Gasteiger partial charge in [0, 0.05) is 37.3 Å². The molecule has 0 amide bonds. The van der Waals surface area contributed by atoms with Gasteiger partial charge in [-0.15, -0.1) is 0 Å². The quantitative estimate of drug-likeness (QED) is 0.644. The molecule has 2 aliphatic heterocycles. The second-order valence-electron chi connectivity index (χ2n) is 8.07. The van der Waals surface area contributed by atoms with E-state index >= 15 is 0 Å². The smallest absolute Gasteiger partial charge is 0.159 e. The minimum absolute atomic E-state index is 0.0917. The van der Waals surface area contributed by atoms with E-state index in [9.17, 15) is 4.79 Å². The maximum absolute atomic E-state index is 11.8. The number of hydrazine groups is 1. The van der Waals surface area contributed by atoms with Crippen molar-refractivity contribution in [2.75, 3.05) is 19.6 Å². The Bertz CT molecular complexity index is 1150. The summed E-state index contributed by atoms with van der Waals surface area (Å²) in [6, 6.07) is 23.5. The zero-order valence-electron chi connectivity index (χ0n) is 17.6. The van der Waals surface area contributed by atoms with Crippen molar-refractivity contribution in [2.45, 2.75) is 19.0 Å². The molecule has 1 saturated heterocycles. The molecule has 3 aromatic carbocycles. The number of rotatable bonds is 4. The predicted molar refractivity (Wildman–Crippen MR) is 125 cm³/mol. The predicted octanol–water partition coefficient (Wildman–Crippen LogP) is 4.50. The molecule has 1 fully saturated rings. The number of carbonyl (C=O) groups excluding carboxylic acids is 1. The van der Waals surface area contributed by atoms with Crippen molar-refractivity contribution in [3.8, 4) is 0 Å². The molecule has 5 rings (SSSR count). The van der Waals surface area contributed by atoms with Crippen LogP contribution in [0.2, 0.25) is 0 Å². The zero-order chi connectivity index (χ0) is 21.2. The van der Waals surface area contributed by atoms with E-state index in [4.69, 9.17) is 0 Å². The first-order valence-corrected chi connectivity index (χ1v) is 10.7. The van der Waals surface area contributed by atoms with Crippen molar-refractivity contribution < 1.29 is 4.79 Å². The third-order valence-corrected chi connectivity index (χ3v) is 6.19. The maximum atomic E-state index is 11.8. The lowest BCUT2D eigenvalue weighted by Gasteiger charge is -2.48. The molecule has 156 valence electrons. The SMILES string of the molecule is CC(=O)c1ccc(C2CNCC(c3cccc4ccccc34)N2N2C=CN=CC2)cc1. The van der Waals surface area contributed by atoms with Crippen LogP contribution in [0.3, 0.4) is 0 Å². The van der Waals surface area contributed by atoms with Crippen molar-refractivity contribution in [1.82, 2.24) is 15.3 Å². The Balaban J connectivity index is 1.59. The highest BCUT2D eigenvalue weighted by atomic mass is 16.1. The molecule has 0 aliphatic carbocycles. The number of Topliss-reactive ketones (excluding diaryl/α,β-unsaturated/α-hetero) is 1. The van der Waals surface area contributed by atoms with Gasteiger partial charge < -0.3 is 10.3 Å². The fraction of sp³-hybridized carbons (Fsp3) is 0.231. The van der Waals surface area contributed by atoms with Crippen LogP contribution < -0.4 is 5.32 Å². The Kier molecular flexibility index (Phi) is 5.37. The highest BCUT2D eigenvalue weighted by molar-refractivity contribution is 5.94. The highest BCUT2D eigenvalue weighted by Gasteiger charge is 2.36. The van der Waals surface area contributed by atoms with Crippen molar-refractivity contribution >= 4 is 22.8 Å². The Morgan fingerprint density at radius 2 is 1.74 bits per heavy atom. The van der Waals surface area contributed by atoms with Crippen LogP contribution in [0, 0.1) is 0 Å². The number of benzene rings is 3. The van der Waals surface area contributed by atoms with E-state index in [1.165, 1.54) is 21.9 Å². The summed E-state index contributed by atoms with van der Waals surface area (Å²) in [7, 11) is 0. The molecule has 3 aromatic rings. The number of nitrogens with one attached hydrogen (secondary N) is 1. The van der Waals surface area contributed by atoms with Crippen molar-refractivity contribution in [3.63, 3.8) is 0 Å². The first kappa shape index (κ1) is 19.7. The number of fused-ring (bicyclic) bond motifs is 1. The third-order valence-electron chi connectivity index (χ3n) is 6.19. The van der Waals surface area contributed by atoms with Crippen molar-refractivity contribution in [1.29, 1.82) is 0 Å². The summed E-state index contributed by atoms with van der Waals surface area (Å²) in [4.78, 5) is 16.0. The molecule has 2 unspecified atom stereocenters. The molecule has 5 heteroatoms. The monoisotopic (exact) mass is 410 g/mol. The van der Waals surface area contributed by atoms with Gasteiger partial charge in [-0.05, 0) is 28.8 Å². The molecule has 31 heavy (non-hydrogen) atoms. The summed E-state index contributed by atoms with van der Waals surface area (Å²) in [5.41, 5.74) is 3.25. The van der Waals surface area contributed by atoms with Crippen LogP contribution in [0.4, 0.5) is 0 Å². The van der Waals surface area contributed by atoms with E-state index < -0.39 is 0 Å². The standard InChI is InChI=1S/C26H26N4O/c1-19(31)20-9-11-22(12-10-20)25-17-28-18-26(30(25)29-15-13-27-14-16-29)24-8-4-6-21-5-2-3-7-23(21)24/h2-15,25-26,28H,16-18H2,1H3. The lowest BCUT2D eigenvalue weighted by Crippen LogP contribution is -2.54. The molecule has 0 aromatic heterocycles. The van der Waals surface area contributed by atoms with E-state index in [1.54, 1.807) is 6.92 Å². The third kappa shape index (κ3) is 3.78. The van der Waals surface area contributed by atoms with E-state index in [2.05, 4.69) is 81.1 Å². The van der Waals surface area contributed by atoms with Crippen molar-refractivity contribution in [3.05, 3.63) is 95.8 Å². The van der Waals surface area contributed by atoms with E-state index in [0.717, 1.165) is 25.2 Å². The molecular weight excluding hydrogens is 384 g/mol. The van der Waals surface area contributed by atoms with Crippen LogP contribution in [0.25, 0.3) is 10.8 Å². The van der Waals surface area contributed by atoms with E-state index in [-0.39, 0.29) is 17.9 Å². The first-order chi connectivity index (χ1) is 15.2. The molecule has 0 spiro atoms. The van der Waals surface area contributed by atoms with Crippen LogP contribution in [-0.2, 0) is 0 Å². The molecule has 0 radical (unpaired) electrons. The molecule has 0 saturated carbocycles. The summed E-state index contributed by atoms with van der Waals surface area (Å²) in [6.07, 6.45) is 5.85. The van der Waals surface area contributed by atoms with Gasteiger partial charge in [0.2, 0.25) is 0 Å². The molecule has 5 nitrogen and oxygen atoms in total. The van der Waals surface area contributed by atoms with Crippen LogP contribution >= 0.6 is 0 Å². The van der Waals surface area contributed by atoms with E-state index in [0.29, 0.717) is 0 Å². The van der Waals surface area contributed by atoms with Gasteiger partial charge in [-0.2, -0.15) is 0 Å². The van der Waals surface area contributed by atoms with Gasteiger partial charge >= 0.3 is 0 Å². The molecule has 1 N–H and O–H groups in total. The second kappa shape index (κ2) is 8.46. The molecular formula is C26H26N4O. The fourth-order valence-electron chi connectivity index (χ4n) is 4.66. The normalized spacial score (nSPS) is 21.5. The van der Waals surface area contributed by atoms with Crippen molar-refractivity contribution in [2.24, 2.45) is 4.99 Å². The second-order valence-corrected chi connectivity index (χ2v) is 8.07. The average Bonchev–Trinajstić information content (AvgIpc) is 2.84. The first-order valence-electron chi connectivity index (χ1n) is 10.7. The van der Waals surface area contributed by atoms with Crippen LogP contribution in [0.15, 0.2) is 84.1 Å². The Hall–Kier alpha value is -3.28. The zero-order valence-corrected chi connectivity index (χ0v) is 17.6. The van der Waals surface area contributed by atoms with Gasteiger partial charge in [0.15, 0.2) is 5.78 Å². The summed E-state index contributed by atoms with van der Waals surface area (Å²) >= 11 is 0. The molecule has 0 bridgehead atoms. The molecule has 2 atom stereocenters. The van der Waals surface area contributed by atoms with Gasteiger partial charge in [-0.3, -0.25) is 9.79 Å². The van der Waals surface area contributed by atoms with E-state index in [1.807, 2.05) is 24.5 Å². The molecule has 2 heterocycles.